The fourth-order valence-electron chi connectivity index (χ4n) is 1.68. The lowest BCUT2D eigenvalue weighted by Gasteiger charge is -2.28. The van der Waals surface area contributed by atoms with Crippen molar-refractivity contribution in [2.24, 2.45) is 0 Å². The summed E-state index contributed by atoms with van der Waals surface area (Å²) < 4.78 is 6.12. The largest absolute Gasteiger partial charge is 1.00 e. The Kier molecular flexibility index (Phi) is 6.38. The molecule has 0 aliphatic rings. The van der Waals surface area contributed by atoms with Crippen molar-refractivity contribution >= 4 is 0 Å². The number of halogens is 1. The van der Waals surface area contributed by atoms with E-state index in [2.05, 4.69) is 32.8 Å². The fraction of sp³-hybridized carbons (Fsp3) is 0.385. The Bertz CT molecular complexity index is 336. The van der Waals surface area contributed by atoms with E-state index in [1.54, 1.807) is 7.11 Å². The summed E-state index contributed by atoms with van der Waals surface area (Å²) in [6.07, 6.45) is 1.96. The lowest BCUT2D eigenvalue weighted by Crippen LogP contribution is -3.00. The van der Waals surface area contributed by atoms with Crippen LogP contribution in [0, 0.1) is 0 Å². The third-order valence-corrected chi connectivity index (χ3v) is 2.37. The highest BCUT2D eigenvalue weighted by molar-refractivity contribution is 5.27. The van der Waals surface area contributed by atoms with Gasteiger partial charge in [-0.15, -0.1) is 0 Å². The maximum Gasteiger partial charge on any atom is 0.119 e. The number of hydrogen-bond donors (Lipinski definition) is 0. The summed E-state index contributed by atoms with van der Waals surface area (Å²) in [5, 5.41) is 0. The van der Waals surface area contributed by atoms with Crippen LogP contribution in [-0.4, -0.2) is 32.2 Å². The van der Waals surface area contributed by atoms with Gasteiger partial charge in [-0.25, -0.2) is 0 Å². The number of hydrogen-bond acceptors (Lipinski definition) is 1. The summed E-state index contributed by atoms with van der Waals surface area (Å²) in [6.45, 7) is 5.74. The van der Waals surface area contributed by atoms with E-state index in [0.29, 0.717) is 0 Å². The minimum Gasteiger partial charge on any atom is -1.00 e. The standard InChI is InChI=1S/C13H20NO.BrH/c1-5-9-14(2,3)11-12-7-6-8-13(10-12)15-4;/h5-8,10H,1,9,11H2,2-4H3;1H/q+1;/p-1. The van der Waals surface area contributed by atoms with Gasteiger partial charge in [0.05, 0.1) is 27.7 Å². The second-order valence-electron chi connectivity index (χ2n) is 4.42. The van der Waals surface area contributed by atoms with E-state index in [-0.39, 0.29) is 17.0 Å². The zero-order valence-corrected chi connectivity index (χ0v) is 11.8. The Hall–Kier alpha value is -0.800. The average molecular weight is 286 g/mol. The number of quaternary nitrogens is 1. The van der Waals surface area contributed by atoms with Gasteiger partial charge in [0.2, 0.25) is 0 Å². The summed E-state index contributed by atoms with van der Waals surface area (Å²) in [5.41, 5.74) is 1.29. The van der Waals surface area contributed by atoms with Crippen LogP contribution < -0.4 is 21.7 Å². The first-order chi connectivity index (χ1) is 7.07. The van der Waals surface area contributed by atoms with Gasteiger partial charge in [0.25, 0.3) is 0 Å². The number of methoxy groups -OCH3 is 1. The van der Waals surface area contributed by atoms with Crippen molar-refractivity contribution in [1.29, 1.82) is 0 Å². The second-order valence-corrected chi connectivity index (χ2v) is 4.42. The zero-order valence-electron chi connectivity index (χ0n) is 10.2. The van der Waals surface area contributed by atoms with Crippen LogP contribution in [0.15, 0.2) is 36.9 Å². The molecule has 16 heavy (non-hydrogen) atoms. The fourth-order valence-corrected chi connectivity index (χ4v) is 1.68. The third kappa shape index (κ3) is 4.81. The van der Waals surface area contributed by atoms with Crippen molar-refractivity contribution in [3.8, 4) is 5.75 Å². The number of likely N-dealkylation sites (N-methyl/N-ethyl adjacent to an activating group) is 1. The Morgan fingerprint density at radius 2 is 2.06 bits per heavy atom. The van der Waals surface area contributed by atoms with Crippen LogP contribution in [-0.2, 0) is 6.54 Å². The molecule has 0 N–H and O–H groups in total. The predicted octanol–water partition coefficient (Wildman–Crippen LogP) is -0.538. The van der Waals surface area contributed by atoms with Gasteiger partial charge in [0.1, 0.15) is 12.3 Å². The van der Waals surface area contributed by atoms with Gasteiger partial charge in [-0.05, 0) is 18.2 Å². The summed E-state index contributed by atoms with van der Waals surface area (Å²) in [5.74, 6) is 0.922. The molecule has 0 aromatic heterocycles. The topological polar surface area (TPSA) is 9.23 Å². The first-order valence-electron chi connectivity index (χ1n) is 5.13. The first kappa shape index (κ1) is 15.2. The van der Waals surface area contributed by atoms with Crippen molar-refractivity contribution in [2.75, 3.05) is 27.7 Å². The number of ether oxygens (including phenoxy) is 1. The number of rotatable bonds is 5. The van der Waals surface area contributed by atoms with Gasteiger partial charge in [-0.1, -0.05) is 18.7 Å². The highest BCUT2D eigenvalue weighted by Crippen LogP contribution is 2.16. The Morgan fingerprint density at radius 1 is 1.38 bits per heavy atom. The molecule has 0 aliphatic carbocycles. The van der Waals surface area contributed by atoms with Crippen LogP contribution in [0.25, 0.3) is 0 Å². The highest BCUT2D eigenvalue weighted by Gasteiger charge is 2.13. The molecule has 0 saturated carbocycles. The van der Waals surface area contributed by atoms with Crippen molar-refractivity contribution in [3.63, 3.8) is 0 Å². The number of nitrogens with zero attached hydrogens (tertiary/aromatic N) is 1. The monoisotopic (exact) mass is 285 g/mol. The van der Waals surface area contributed by atoms with Crippen molar-refractivity contribution in [3.05, 3.63) is 42.5 Å². The first-order valence-corrected chi connectivity index (χ1v) is 5.13. The Morgan fingerprint density at radius 3 is 2.62 bits per heavy atom. The molecule has 0 aliphatic heterocycles. The second kappa shape index (κ2) is 6.71. The Labute approximate surface area is 109 Å². The van der Waals surface area contributed by atoms with Gasteiger partial charge >= 0.3 is 0 Å². The Balaban J connectivity index is 0.00000225. The van der Waals surface area contributed by atoms with E-state index in [1.165, 1.54) is 5.56 Å². The lowest BCUT2D eigenvalue weighted by molar-refractivity contribution is -0.897. The molecule has 1 aromatic rings. The van der Waals surface area contributed by atoms with Gasteiger partial charge in [-0.2, -0.15) is 0 Å². The quantitative estimate of drug-likeness (QED) is 0.522. The van der Waals surface area contributed by atoms with Crippen molar-refractivity contribution in [1.82, 2.24) is 0 Å². The normalized spacial score (nSPS) is 10.4. The molecule has 0 saturated heterocycles. The van der Waals surface area contributed by atoms with Crippen LogP contribution in [0.1, 0.15) is 5.56 Å². The van der Waals surface area contributed by atoms with E-state index in [9.17, 15) is 0 Å². The van der Waals surface area contributed by atoms with E-state index in [1.807, 2.05) is 18.2 Å². The summed E-state index contributed by atoms with van der Waals surface area (Å²) in [4.78, 5) is 0. The summed E-state index contributed by atoms with van der Waals surface area (Å²) in [7, 11) is 6.09. The predicted molar refractivity (Wildman–Crippen MR) is 63.9 cm³/mol. The molecule has 0 bridgehead atoms. The molecular weight excluding hydrogens is 266 g/mol. The number of benzene rings is 1. The summed E-state index contributed by atoms with van der Waals surface area (Å²) >= 11 is 0. The van der Waals surface area contributed by atoms with Gasteiger partial charge in [0, 0.05) is 5.56 Å². The highest BCUT2D eigenvalue weighted by atomic mass is 79.9. The lowest BCUT2D eigenvalue weighted by atomic mass is 10.2. The minimum absolute atomic E-state index is 0. The van der Waals surface area contributed by atoms with Crippen LogP contribution in [0.5, 0.6) is 5.75 Å². The van der Waals surface area contributed by atoms with Crippen LogP contribution >= 0.6 is 0 Å². The zero-order chi connectivity index (χ0) is 11.3. The molecule has 0 spiro atoms. The van der Waals surface area contributed by atoms with E-state index in [0.717, 1.165) is 23.3 Å². The van der Waals surface area contributed by atoms with E-state index in [4.69, 9.17) is 4.74 Å². The van der Waals surface area contributed by atoms with Crippen LogP contribution in [0.3, 0.4) is 0 Å². The van der Waals surface area contributed by atoms with Crippen LogP contribution in [0.4, 0.5) is 0 Å². The SMILES string of the molecule is C=CC[N+](C)(C)Cc1cccc(OC)c1.[Br-]. The molecule has 90 valence electrons. The molecule has 1 aromatic carbocycles. The molecule has 0 radical (unpaired) electrons. The smallest absolute Gasteiger partial charge is 0.119 e. The van der Waals surface area contributed by atoms with Gasteiger partial charge in [0.15, 0.2) is 0 Å². The molecule has 3 heteroatoms. The van der Waals surface area contributed by atoms with Crippen molar-refractivity contribution in [2.45, 2.75) is 6.54 Å². The maximum absolute atomic E-state index is 5.20. The third-order valence-electron chi connectivity index (χ3n) is 2.37. The minimum atomic E-state index is 0. The van der Waals surface area contributed by atoms with E-state index < -0.39 is 0 Å². The van der Waals surface area contributed by atoms with Gasteiger partial charge < -0.3 is 26.2 Å². The molecule has 0 fully saturated rings. The molecular formula is C13H20BrNO. The van der Waals surface area contributed by atoms with Crippen molar-refractivity contribution < 1.29 is 26.2 Å². The summed E-state index contributed by atoms with van der Waals surface area (Å²) in [6, 6.07) is 8.22. The molecule has 1 rings (SSSR count). The average Bonchev–Trinajstić information content (AvgIpc) is 2.17. The van der Waals surface area contributed by atoms with Crippen LogP contribution in [0.2, 0.25) is 0 Å². The van der Waals surface area contributed by atoms with Gasteiger partial charge in [-0.3, -0.25) is 0 Å². The molecule has 0 amide bonds. The molecule has 0 unspecified atom stereocenters. The van der Waals surface area contributed by atoms with E-state index >= 15 is 0 Å². The maximum atomic E-state index is 5.20. The molecule has 2 nitrogen and oxygen atoms in total. The molecule has 0 heterocycles. The molecule has 0 atom stereocenters.